The van der Waals surface area contributed by atoms with Crippen molar-refractivity contribution in [3.05, 3.63) is 65.7 Å². The van der Waals surface area contributed by atoms with E-state index < -0.39 is 6.04 Å². The van der Waals surface area contributed by atoms with Gasteiger partial charge in [0.05, 0.1) is 7.11 Å². The Morgan fingerprint density at radius 3 is 2.18 bits per heavy atom. The molecule has 1 saturated heterocycles. The monoisotopic (exact) mass is 473 g/mol. The zero-order valence-electron chi connectivity index (χ0n) is 19.8. The molecule has 6 nitrogen and oxygen atoms in total. The number of piperidine rings is 1. The first-order valence-electron chi connectivity index (χ1n) is 11.6. The molecule has 180 valence electrons. The van der Waals surface area contributed by atoms with E-state index >= 15 is 0 Å². The number of amides is 2. The number of nitrogens with zero attached hydrogens (tertiary/aromatic N) is 2. The molecule has 0 radical (unpaired) electrons. The number of likely N-dealkylation sites (tertiary alicyclic amines) is 1. The summed E-state index contributed by atoms with van der Waals surface area (Å²) in [4.78, 5) is 30.8. The number of hydrogen-bond acceptors (Lipinski definition) is 4. The second-order valence-electron chi connectivity index (χ2n) is 8.30. The third-order valence-corrected chi connectivity index (χ3v) is 6.34. The summed E-state index contributed by atoms with van der Waals surface area (Å²) in [5.74, 6) is 0.985. The number of hydrogen-bond donors (Lipinski definition) is 1. The first kappa shape index (κ1) is 26.7. The molecule has 1 aliphatic rings. The fourth-order valence-electron chi connectivity index (χ4n) is 4.26. The van der Waals surface area contributed by atoms with Crippen molar-refractivity contribution in [2.75, 3.05) is 39.8 Å². The first-order valence-corrected chi connectivity index (χ1v) is 11.6. The summed E-state index contributed by atoms with van der Waals surface area (Å²) in [6.07, 6.45) is 1.99. The average Bonchev–Trinajstić information content (AvgIpc) is 2.86. The van der Waals surface area contributed by atoms with Crippen LogP contribution >= 0.6 is 12.4 Å². The van der Waals surface area contributed by atoms with Crippen LogP contribution in [0.2, 0.25) is 0 Å². The van der Waals surface area contributed by atoms with Gasteiger partial charge in [-0.25, -0.2) is 0 Å². The topological polar surface area (TPSA) is 61.9 Å². The smallest absolute Gasteiger partial charge is 0.252 e. The molecule has 1 N–H and O–H groups in total. The Morgan fingerprint density at radius 1 is 1.03 bits per heavy atom. The quantitative estimate of drug-likeness (QED) is 0.593. The standard InChI is InChI=1S/C26H35N3O3.ClH/c1-4-28(5-2)19-20-15-17-29(18-16-20)26(31)24(21-9-7-6-8-10-21)27-25(30)22-11-13-23(32-3)14-12-22;/h6-14,20,24H,4-5,15-19H2,1-3H3,(H,27,30);1H/t24-;/m1./s1. The van der Waals surface area contributed by atoms with E-state index in [0.29, 0.717) is 17.2 Å². The predicted octanol–water partition coefficient (Wildman–Crippen LogP) is 4.17. The maximum absolute atomic E-state index is 13.5. The molecule has 0 unspecified atom stereocenters. The fraction of sp³-hybridized carbons (Fsp3) is 0.462. The van der Waals surface area contributed by atoms with E-state index in [1.807, 2.05) is 35.2 Å². The third-order valence-electron chi connectivity index (χ3n) is 6.34. The van der Waals surface area contributed by atoms with Crippen LogP contribution < -0.4 is 10.1 Å². The number of carbonyl (C=O) groups is 2. The van der Waals surface area contributed by atoms with Crippen molar-refractivity contribution in [2.45, 2.75) is 32.7 Å². The highest BCUT2D eigenvalue weighted by Gasteiger charge is 2.31. The van der Waals surface area contributed by atoms with Crippen molar-refractivity contribution >= 4 is 24.2 Å². The van der Waals surface area contributed by atoms with Crippen LogP contribution in [0.4, 0.5) is 0 Å². The van der Waals surface area contributed by atoms with E-state index in [4.69, 9.17) is 4.74 Å². The van der Waals surface area contributed by atoms with Crippen LogP contribution in [0.1, 0.15) is 48.7 Å². The van der Waals surface area contributed by atoms with Crippen molar-refractivity contribution in [1.29, 1.82) is 0 Å². The lowest BCUT2D eigenvalue weighted by Gasteiger charge is -2.36. The number of benzene rings is 2. The lowest BCUT2D eigenvalue weighted by Crippen LogP contribution is -2.47. The SMILES string of the molecule is CCN(CC)CC1CCN(C(=O)[C@H](NC(=O)c2ccc(OC)cc2)c2ccccc2)CC1.Cl. The number of carbonyl (C=O) groups excluding carboxylic acids is 2. The summed E-state index contributed by atoms with van der Waals surface area (Å²) in [6.45, 7) is 9.05. The molecule has 0 aliphatic carbocycles. The highest BCUT2D eigenvalue weighted by Crippen LogP contribution is 2.23. The van der Waals surface area contributed by atoms with Crippen molar-refractivity contribution in [3.8, 4) is 5.75 Å². The number of ether oxygens (including phenoxy) is 1. The average molecular weight is 474 g/mol. The molecule has 2 aromatic carbocycles. The minimum Gasteiger partial charge on any atom is -0.497 e. The van der Waals surface area contributed by atoms with E-state index in [0.717, 1.165) is 51.1 Å². The van der Waals surface area contributed by atoms with Crippen molar-refractivity contribution in [2.24, 2.45) is 5.92 Å². The molecule has 33 heavy (non-hydrogen) atoms. The molecule has 7 heteroatoms. The van der Waals surface area contributed by atoms with Crippen LogP contribution in [-0.4, -0.2) is 61.4 Å². The molecular weight excluding hydrogens is 438 g/mol. The molecule has 0 bridgehead atoms. The summed E-state index contributed by atoms with van der Waals surface area (Å²) in [5.41, 5.74) is 1.29. The number of rotatable bonds is 9. The van der Waals surface area contributed by atoms with Gasteiger partial charge >= 0.3 is 0 Å². The predicted molar refractivity (Wildman–Crippen MR) is 134 cm³/mol. The minimum atomic E-state index is -0.704. The van der Waals surface area contributed by atoms with E-state index in [2.05, 4.69) is 24.1 Å². The Labute approximate surface area is 203 Å². The normalized spacial score (nSPS) is 15.0. The highest BCUT2D eigenvalue weighted by atomic mass is 35.5. The van der Waals surface area contributed by atoms with E-state index in [1.165, 1.54) is 0 Å². The van der Waals surface area contributed by atoms with Gasteiger partial charge in [0.25, 0.3) is 5.91 Å². The second kappa shape index (κ2) is 13.2. The second-order valence-corrected chi connectivity index (χ2v) is 8.30. The van der Waals surface area contributed by atoms with Gasteiger partial charge in [-0.3, -0.25) is 9.59 Å². The largest absolute Gasteiger partial charge is 0.497 e. The van der Waals surface area contributed by atoms with Gasteiger partial charge in [-0.05, 0) is 61.7 Å². The molecule has 1 fully saturated rings. The van der Waals surface area contributed by atoms with Crippen LogP contribution in [-0.2, 0) is 4.79 Å². The molecule has 0 spiro atoms. The zero-order valence-corrected chi connectivity index (χ0v) is 20.6. The Bertz CT molecular complexity index is 864. The van der Waals surface area contributed by atoms with Gasteiger partial charge in [-0.15, -0.1) is 12.4 Å². The van der Waals surface area contributed by atoms with Gasteiger partial charge in [0.2, 0.25) is 5.91 Å². The molecular formula is C26H36ClN3O3. The number of methoxy groups -OCH3 is 1. The maximum atomic E-state index is 13.5. The summed E-state index contributed by atoms with van der Waals surface area (Å²) >= 11 is 0. The molecule has 0 aromatic heterocycles. The van der Waals surface area contributed by atoms with E-state index in [-0.39, 0.29) is 24.2 Å². The van der Waals surface area contributed by atoms with Crippen LogP contribution in [0.5, 0.6) is 5.75 Å². The van der Waals surface area contributed by atoms with Gasteiger partial charge in [0.15, 0.2) is 0 Å². The summed E-state index contributed by atoms with van der Waals surface area (Å²) in [5, 5.41) is 2.97. The number of halogens is 1. The Kier molecular flexibility index (Phi) is 10.7. The molecule has 1 aliphatic heterocycles. The van der Waals surface area contributed by atoms with Gasteiger partial charge in [-0.1, -0.05) is 44.2 Å². The minimum absolute atomic E-state index is 0. The third kappa shape index (κ3) is 7.21. The van der Waals surface area contributed by atoms with Gasteiger partial charge in [-0.2, -0.15) is 0 Å². The van der Waals surface area contributed by atoms with Crippen LogP contribution in [0, 0.1) is 5.92 Å². The Morgan fingerprint density at radius 2 is 1.64 bits per heavy atom. The van der Waals surface area contributed by atoms with Crippen LogP contribution in [0.15, 0.2) is 54.6 Å². The lowest BCUT2D eigenvalue weighted by atomic mass is 9.95. The maximum Gasteiger partial charge on any atom is 0.252 e. The van der Waals surface area contributed by atoms with Gasteiger partial charge < -0.3 is 19.9 Å². The summed E-state index contributed by atoms with van der Waals surface area (Å²) in [6, 6.07) is 15.7. The molecule has 1 heterocycles. The van der Waals surface area contributed by atoms with Crippen LogP contribution in [0.3, 0.4) is 0 Å². The highest BCUT2D eigenvalue weighted by molar-refractivity contribution is 5.98. The fourth-order valence-corrected chi connectivity index (χ4v) is 4.26. The van der Waals surface area contributed by atoms with Crippen molar-refractivity contribution in [1.82, 2.24) is 15.1 Å². The van der Waals surface area contributed by atoms with Crippen LogP contribution in [0.25, 0.3) is 0 Å². The number of nitrogens with one attached hydrogen (secondary N) is 1. The Hall–Kier alpha value is -2.57. The zero-order chi connectivity index (χ0) is 22.9. The molecule has 2 aromatic rings. The molecule has 2 amide bonds. The summed E-state index contributed by atoms with van der Waals surface area (Å²) in [7, 11) is 1.59. The molecule has 0 saturated carbocycles. The first-order chi connectivity index (χ1) is 15.5. The lowest BCUT2D eigenvalue weighted by molar-refractivity contribution is -0.134. The molecule has 3 rings (SSSR count). The van der Waals surface area contributed by atoms with E-state index in [1.54, 1.807) is 31.4 Å². The van der Waals surface area contributed by atoms with Gasteiger partial charge in [0, 0.05) is 25.2 Å². The Balaban J connectivity index is 0.00000385. The van der Waals surface area contributed by atoms with Gasteiger partial charge in [0.1, 0.15) is 11.8 Å². The van der Waals surface area contributed by atoms with Crippen molar-refractivity contribution in [3.63, 3.8) is 0 Å². The van der Waals surface area contributed by atoms with Crippen molar-refractivity contribution < 1.29 is 14.3 Å². The summed E-state index contributed by atoms with van der Waals surface area (Å²) < 4.78 is 5.17. The van der Waals surface area contributed by atoms with E-state index in [9.17, 15) is 9.59 Å². The molecule has 1 atom stereocenters.